The molecule has 0 amide bonds. The second-order valence-electron chi connectivity index (χ2n) is 6.25. The van der Waals surface area contributed by atoms with Crippen LogP contribution in [0.3, 0.4) is 0 Å². The van der Waals surface area contributed by atoms with E-state index in [4.69, 9.17) is 4.74 Å². The summed E-state index contributed by atoms with van der Waals surface area (Å²) < 4.78 is 5.53. The molecular formula is C20H30N4OS. The molecule has 0 radical (unpaired) electrons. The van der Waals surface area contributed by atoms with E-state index >= 15 is 0 Å². The largest absolute Gasteiger partial charge is 0.496 e. The first-order valence-electron chi connectivity index (χ1n) is 8.90. The molecule has 1 unspecified atom stereocenters. The molecule has 2 rings (SSSR count). The molecule has 1 heterocycles. The molecule has 5 nitrogen and oxygen atoms in total. The highest BCUT2D eigenvalue weighted by Crippen LogP contribution is 2.27. The molecule has 6 heteroatoms. The van der Waals surface area contributed by atoms with Crippen molar-refractivity contribution in [3.05, 3.63) is 51.7 Å². The lowest BCUT2D eigenvalue weighted by Crippen LogP contribution is -2.41. The van der Waals surface area contributed by atoms with Gasteiger partial charge in [-0.05, 0) is 38.7 Å². The third-order valence-corrected chi connectivity index (χ3v) is 5.53. The Morgan fingerprint density at radius 3 is 2.50 bits per heavy atom. The first-order chi connectivity index (χ1) is 12.6. The number of hydrogen-bond acceptors (Lipinski definition) is 4. The smallest absolute Gasteiger partial charge is 0.191 e. The number of methoxy groups -OCH3 is 1. The summed E-state index contributed by atoms with van der Waals surface area (Å²) in [4.78, 5) is 9.26. The number of ether oxygens (including phenoxy) is 1. The minimum Gasteiger partial charge on any atom is -0.496 e. The summed E-state index contributed by atoms with van der Waals surface area (Å²) in [5.41, 5.74) is 1.16. The van der Waals surface area contributed by atoms with Crippen LogP contribution in [0.2, 0.25) is 0 Å². The van der Waals surface area contributed by atoms with E-state index in [0.29, 0.717) is 0 Å². The van der Waals surface area contributed by atoms with Gasteiger partial charge in [0.2, 0.25) is 0 Å². The van der Waals surface area contributed by atoms with Crippen LogP contribution in [0.4, 0.5) is 0 Å². The minimum absolute atomic E-state index is 0.179. The van der Waals surface area contributed by atoms with Gasteiger partial charge in [-0.3, -0.25) is 4.99 Å². The van der Waals surface area contributed by atoms with Gasteiger partial charge in [-0.1, -0.05) is 25.1 Å². The van der Waals surface area contributed by atoms with Crippen LogP contribution in [0.25, 0.3) is 0 Å². The van der Waals surface area contributed by atoms with Gasteiger partial charge in [0.25, 0.3) is 0 Å². The number of rotatable bonds is 8. The van der Waals surface area contributed by atoms with Crippen LogP contribution >= 0.6 is 11.3 Å². The summed E-state index contributed by atoms with van der Waals surface area (Å²) in [5.74, 6) is 1.71. The average Bonchev–Trinajstić information content (AvgIpc) is 3.12. The molecular weight excluding hydrogens is 344 g/mol. The number of benzene rings is 1. The van der Waals surface area contributed by atoms with Crippen LogP contribution < -0.4 is 15.4 Å². The SMILES string of the molecule is CCc1ccc(CNC(=NC)NCC(c2ccccc2OC)N(C)C)s1. The Morgan fingerprint density at radius 1 is 1.15 bits per heavy atom. The maximum atomic E-state index is 5.53. The lowest BCUT2D eigenvalue weighted by molar-refractivity contribution is 0.287. The summed E-state index contributed by atoms with van der Waals surface area (Å²) in [6, 6.07) is 12.7. The van der Waals surface area contributed by atoms with Crippen LogP contribution in [0, 0.1) is 0 Å². The lowest BCUT2D eigenvalue weighted by Gasteiger charge is -2.27. The third kappa shape index (κ3) is 5.47. The monoisotopic (exact) mass is 374 g/mol. The zero-order chi connectivity index (χ0) is 18.9. The molecule has 0 spiro atoms. The standard InChI is InChI=1S/C20H30N4OS/c1-6-15-11-12-16(26-15)13-22-20(21-2)23-14-18(24(3)4)17-9-7-8-10-19(17)25-5/h7-12,18H,6,13-14H2,1-5H3,(H2,21,22,23). The van der Waals surface area contributed by atoms with Gasteiger partial charge < -0.3 is 20.3 Å². The summed E-state index contributed by atoms with van der Waals surface area (Å²) >= 11 is 1.85. The predicted octanol–water partition coefficient (Wildman–Crippen LogP) is 3.29. The molecule has 1 atom stereocenters. The maximum absolute atomic E-state index is 5.53. The number of para-hydroxylation sites is 1. The summed E-state index contributed by atoms with van der Waals surface area (Å²) in [5, 5.41) is 6.84. The second kappa shape index (κ2) is 10.2. The van der Waals surface area contributed by atoms with Gasteiger partial charge in [-0.15, -0.1) is 11.3 Å². The fraction of sp³-hybridized carbons (Fsp3) is 0.450. The number of aryl methyl sites for hydroxylation is 1. The summed E-state index contributed by atoms with van der Waals surface area (Å²) in [6.07, 6.45) is 1.08. The highest BCUT2D eigenvalue weighted by molar-refractivity contribution is 7.11. The first kappa shape index (κ1) is 20.3. The predicted molar refractivity (Wildman–Crippen MR) is 111 cm³/mol. The van der Waals surface area contributed by atoms with E-state index in [1.165, 1.54) is 9.75 Å². The minimum atomic E-state index is 0.179. The van der Waals surface area contributed by atoms with Crippen molar-refractivity contribution in [3.8, 4) is 5.75 Å². The number of aliphatic imine (C=N–C) groups is 1. The number of hydrogen-bond donors (Lipinski definition) is 2. The van der Waals surface area contributed by atoms with Gasteiger partial charge >= 0.3 is 0 Å². The van der Waals surface area contributed by atoms with Gasteiger partial charge in [0.05, 0.1) is 19.7 Å². The summed E-state index contributed by atoms with van der Waals surface area (Å²) in [7, 11) is 7.67. The molecule has 0 aliphatic heterocycles. The van der Waals surface area contributed by atoms with Gasteiger partial charge in [-0.2, -0.15) is 0 Å². The van der Waals surface area contributed by atoms with E-state index in [1.54, 1.807) is 14.2 Å². The number of likely N-dealkylation sites (N-methyl/N-ethyl adjacent to an activating group) is 1. The van der Waals surface area contributed by atoms with Crippen molar-refractivity contribution < 1.29 is 4.74 Å². The van der Waals surface area contributed by atoms with Crippen molar-refractivity contribution in [1.29, 1.82) is 0 Å². The highest BCUT2D eigenvalue weighted by Gasteiger charge is 2.18. The van der Waals surface area contributed by atoms with E-state index < -0.39 is 0 Å². The fourth-order valence-corrected chi connectivity index (χ4v) is 3.70. The van der Waals surface area contributed by atoms with E-state index in [0.717, 1.165) is 36.8 Å². The Morgan fingerprint density at radius 2 is 1.88 bits per heavy atom. The average molecular weight is 375 g/mol. The first-order valence-corrected chi connectivity index (χ1v) is 9.72. The Labute approximate surface area is 161 Å². The van der Waals surface area contributed by atoms with E-state index in [1.807, 2.05) is 29.5 Å². The lowest BCUT2D eigenvalue weighted by atomic mass is 10.0. The Kier molecular flexibility index (Phi) is 7.94. The van der Waals surface area contributed by atoms with E-state index in [9.17, 15) is 0 Å². The zero-order valence-electron chi connectivity index (χ0n) is 16.4. The normalized spacial score (nSPS) is 12.9. The highest BCUT2D eigenvalue weighted by atomic mass is 32.1. The van der Waals surface area contributed by atoms with Crippen LogP contribution in [-0.4, -0.2) is 45.7 Å². The molecule has 142 valence electrons. The van der Waals surface area contributed by atoms with Crippen LogP contribution in [0.5, 0.6) is 5.75 Å². The zero-order valence-corrected chi connectivity index (χ0v) is 17.2. The third-order valence-electron chi connectivity index (χ3n) is 4.30. The Balaban J connectivity index is 1.98. The number of nitrogens with one attached hydrogen (secondary N) is 2. The van der Waals surface area contributed by atoms with Crippen molar-refractivity contribution in [1.82, 2.24) is 15.5 Å². The number of thiophene rings is 1. The summed E-state index contributed by atoms with van der Waals surface area (Å²) in [6.45, 7) is 3.70. The van der Waals surface area contributed by atoms with Crippen LogP contribution in [-0.2, 0) is 13.0 Å². The van der Waals surface area contributed by atoms with E-state index in [2.05, 4.69) is 59.7 Å². The second-order valence-corrected chi connectivity index (χ2v) is 7.50. The molecule has 0 saturated heterocycles. The van der Waals surface area contributed by atoms with Crippen LogP contribution in [0.15, 0.2) is 41.4 Å². The van der Waals surface area contributed by atoms with Gasteiger partial charge in [-0.25, -0.2) is 0 Å². The maximum Gasteiger partial charge on any atom is 0.191 e. The van der Waals surface area contributed by atoms with Crippen molar-refractivity contribution in [2.24, 2.45) is 4.99 Å². The number of guanidine groups is 1. The molecule has 0 fully saturated rings. The molecule has 0 aliphatic rings. The molecule has 1 aromatic carbocycles. The Hall–Kier alpha value is -2.05. The topological polar surface area (TPSA) is 48.9 Å². The Bertz CT molecular complexity index is 711. The molecule has 0 aliphatic carbocycles. The molecule has 26 heavy (non-hydrogen) atoms. The van der Waals surface area contributed by atoms with Crippen molar-refractivity contribution >= 4 is 17.3 Å². The van der Waals surface area contributed by atoms with E-state index in [-0.39, 0.29) is 6.04 Å². The quantitative estimate of drug-likeness (QED) is 0.550. The molecule has 2 aromatic rings. The molecule has 2 N–H and O–H groups in total. The molecule has 0 bridgehead atoms. The molecule has 1 aromatic heterocycles. The van der Waals surface area contributed by atoms with Gasteiger partial charge in [0, 0.05) is 28.9 Å². The van der Waals surface area contributed by atoms with Crippen molar-refractivity contribution in [3.63, 3.8) is 0 Å². The van der Waals surface area contributed by atoms with Crippen LogP contribution in [0.1, 0.15) is 28.3 Å². The van der Waals surface area contributed by atoms with Crippen molar-refractivity contribution in [2.45, 2.75) is 25.9 Å². The fourth-order valence-electron chi connectivity index (χ4n) is 2.80. The number of nitrogens with zero attached hydrogens (tertiary/aromatic N) is 2. The van der Waals surface area contributed by atoms with Gasteiger partial charge in [0.15, 0.2) is 5.96 Å². The van der Waals surface area contributed by atoms with Gasteiger partial charge in [0.1, 0.15) is 5.75 Å². The molecule has 0 saturated carbocycles. The van der Waals surface area contributed by atoms with Crippen molar-refractivity contribution in [2.75, 3.05) is 34.8 Å².